The molecule has 23 heavy (non-hydrogen) atoms. The quantitative estimate of drug-likeness (QED) is 0.787. The van der Waals surface area contributed by atoms with E-state index in [0.29, 0.717) is 5.56 Å². The summed E-state index contributed by atoms with van der Waals surface area (Å²) >= 11 is 1.57. The van der Waals surface area contributed by atoms with Crippen LogP contribution in [-0.4, -0.2) is 34.4 Å². The fraction of sp³-hybridized carbons (Fsp3) is 0.235. The Morgan fingerprint density at radius 1 is 1.35 bits per heavy atom. The van der Waals surface area contributed by atoms with Gasteiger partial charge in [0, 0.05) is 31.2 Å². The molecule has 0 saturated heterocycles. The monoisotopic (exact) mass is 324 g/mol. The Labute approximate surface area is 138 Å². The highest BCUT2D eigenvalue weighted by Gasteiger charge is 2.20. The molecule has 0 radical (unpaired) electrons. The molecule has 0 atom stereocenters. The van der Waals surface area contributed by atoms with Gasteiger partial charge < -0.3 is 10.2 Å². The molecule has 1 N–H and O–H groups in total. The summed E-state index contributed by atoms with van der Waals surface area (Å²) in [5.41, 5.74) is 6.50. The van der Waals surface area contributed by atoms with E-state index in [1.54, 1.807) is 17.5 Å². The summed E-state index contributed by atoms with van der Waals surface area (Å²) in [5.74, 6) is -0.0947. The Morgan fingerprint density at radius 2 is 2.26 bits per heavy atom. The Morgan fingerprint density at radius 3 is 3.17 bits per heavy atom. The minimum absolute atomic E-state index is 0.0947. The largest absolute Gasteiger partial charge is 0.322 e. The lowest BCUT2D eigenvalue weighted by molar-refractivity contribution is 0.102. The third kappa shape index (κ3) is 2.71. The van der Waals surface area contributed by atoms with E-state index < -0.39 is 0 Å². The molecule has 6 heteroatoms. The SMILES string of the molecule is CN1CCc2c(cncc2C(=O)Nc2ccc3ncsc3c2)C1. The van der Waals surface area contributed by atoms with Crippen molar-refractivity contribution < 1.29 is 4.79 Å². The number of anilines is 1. The minimum atomic E-state index is -0.0947. The molecular formula is C17H16N4OS. The molecule has 0 fully saturated rings. The van der Waals surface area contributed by atoms with Gasteiger partial charge in [0.2, 0.25) is 0 Å². The van der Waals surface area contributed by atoms with Gasteiger partial charge in [0.1, 0.15) is 0 Å². The van der Waals surface area contributed by atoms with Crippen molar-refractivity contribution in [1.82, 2.24) is 14.9 Å². The van der Waals surface area contributed by atoms with Crippen molar-refractivity contribution >= 4 is 33.1 Å². The number of fused-ring (bicyclic) bond motifs is 2. The average Bonchev–Trinajstić information content (AvgIpc) is 3.01. The van der Waals surface area contributed by atoms with Crippen molar-refractivity contribution in [1.29, 1.82) is 0 Å². The smallest absolute Gasteiger partial charge is 0.257 e. The van der Waals surface area contributed by atoms with Gasteiger partial charge in [0.05, 0.1) is 21.3 Å². The molecular weight excluding hydrogens is 308 g/mol. The number of hydrogen-bond donors (Lipinski definition) is 1. The molecule has 1 aliphatic rings. The van der Waals surface area contributed by atoms with Crippen LogP contribution >= 0.6 is 11.3 Å². The van der Waals surface area contributed by atoms with Gasteiger partial charge in [0.15, 0.2) is 0 Å². The highest BCUT2D eigenvalue weighted by Crippen LogP contribution is 2.24. The van der Waals surface area contributed by atoms with Gasteiger partial charge in [-0.05, 0) is 42.8 Å². The van der Waals surface area contributed by atoms with Crippen LogP contribution in [0.3, 0.4) is 0 Å². The number of amides is 1. The first-order valence-corrected chi connectivity index (χ1v) is 8.37. The fourth-order valence-electron chi connectivity index (χ4n) is 2.96. The third-order valence-electron chi connectivity index (χ3n) is 4.16. The van der Waals surface area contributed by atoms with Crippen LogP contribution in [0.15, 0.2) is 36.1 Å². The predicted octanol–water partition coefficient (Wildman–Crippen LogP) is 2.93. The number of likely N-dealkylation sites (N-methyl/N-ethyl adjacent to an activating group) is 1. The van der Waals surface area contributed by atoms with Gasteiger partial charge in [-0.3, -0.25) is 9.78 Å². The van der Waals surface area contributed by atoms with Crippen molar-refractivity contribution in [3.8, 4) is 0 Å². The molecule has 116 valence electrons. The van der Waals surface area contributed by atoms with Gasteiger partial charge in [-0.25, -0.2) is 4.98 Å². The standard InChI is InChI=1S/C17H16N4OS/c1-21-5-4-13-11(9-21)7-18-8-14(13)17(22)20-12-2-3-15-16(6-12)23-10-19-15/h2-3,6-8,10H,4-5,9H2,1H3,(H,20,22). The zero-order valence-corrected chi connectivity index (χ0v) is 13.6. The van der Waals surface area contributed by atoms with Crippen LogP contribution in [0.2, 0.25) is 0 Å². The number of thiazole rings is 1. The highest BCUT2D eigenvalue weighted by atomic mass is 32.1. The highest BCUT2D eigenvalue weighted by molar-refractivity contribution is 7.16. The number of carbonyl (C=O) groups excluding carboxylic acids is 1. The van der Waals surface area contributed by atoms with E-state index in [2.05, 4.69) is 27.2 Å². The van der Waals surface area contributed by atoms with Gasteiger partial charge in [0.25, 0.3) is 5.91 Å². The predicted molar refractivity (Wildman–Crippen MR) is 91.8 cm³/mol. The van der Waals surface area contributed by atoms with Crippen LogP contribution in [0.4, 0.5) is 5.69 Å². The fourth-order valence-corrected chi connectivity index (χ4v) is 3.68. The number of pyridine rings is 1. The maximum Gasteiger partial charge on any atom is 0.257 e. The number of carbonyl (C=O) groups is 1. The van der Waals surface area contributed by atoms with Crippen LogP contribution in [-0.2, 0) is 13.0 Å². The van der Waals surface area contributed by atoms with Crippen LogP contribution < -0.4 is 5.32 Å². The minimum Gasteiger partial charge on any atom is -0.322 e. The van der Waals surface area contributed by atoms with Gasteiger partial charge in [-0.1, -0.05) is 0 Å². The summed E-state index contributed by atoms with van der Waals surface area (Å²) in [4.78, 5) is 23.4. The van der Waals surface area contributed by atoms with Crippen molar-refractivity contribution in [3.63, 3.8) is 0 Å². The molecule has 0 bridgehead atoms. The Balaban J connectivity index is 1.63. The van der Waals surface area contributed by atoms with Crippen LogP contribution in [0.25, 0.3) is 10.2 Å². The first-order valence-electron chi connectivity index (χ1n) is 7.49. The first kappa shape index (κ1) is 14.3. The molecule has 0 aliphatic carbocycles. The maximum absolute atomic E-state index is 12.7. The molecule has 1 amide bonds. The molecule has 3 heterocycles. The van der Waals surface area contributed by atoms with Gasteiger partial charge >= 0.3 is 0 Å². The molecule has 3 aromatic rings. The second-order valence-electron chi connectivity index (χ2n) is 5.80. The molecule has 0 spiro atoms. The summed E-state index contributed by atoms with van der Waals surface area (Å²) in [6.45, 7) is 1.81. The van der Waals surface area contributed by atoms with Crippen molar-refractivity contribution in [2.24, 2.45) is 0 Å². The van der Waals surface area contributed by atoms with Gasteiger partial charge in [-0.15, -0.1) is 11.3 Å². The lowest BCUT2D eigenvalue weighted by atomic mass is 9.97. The molecule has 5 nitrogen and oxygen atoms in total. The lowest BCUT2D eigenvalue weighted by Gasteiger charge is -2.26. The third-order valence-corrected chi connectivity index (χ3v) is 4.96. The lowest BCUT2D eigenvalue weighted by Crippen LogP contribution is -2.29. The van der Waals surface area contributed by atoms with E-state index in [-0.39, 0.29) is 5.91 Å². The zero-order valence-electron chi connectivity index (χ0n) is 12.7. The number of hydrogen-bond acceptors (Lipinski definition) is 5. The second-order valence-corrected chi connectivity index (χ2v) is 6.69. The number of benzene rings is 1. The summed E-state index contributed by atoms with van der Waals surface area (Å²) in [6, 6.07) is 5.77. The summed E-state index contributed by atoms with van der Waals surface area (Å²) in [6.07, 6.45) is 4.42. The van der Waals surface area contributed by atoms with E-state index in [4.69, 9.17) is 0 Å². The first-order chi connectivity index (χ1) is 11.2. The summed E-state index contributed by atoms with van der Waals surface area (Å²) in [7, 11) is 2.08. The number of nitrogens with zero attached hydrogens (tertiary/aromatic N) is 3. The molecule has 0 saturated carbocycles. The van der Waals surface area contributed by atoms with E-state index in [9.17, 15) is 4.79 Å². The Hall–Kier alpha value is -2.31. The maximum atomic E-state index is 12.7. The van der Waals surface area contributed by atoms with E-state index in [0.717, 1.165) is 46.5 Å². The van der Waals surface area contributed by atoms with Crippen molar-refractivity contribution in [2.75, 3.05) is 18.9 Å². The molecule has 1 aliphatic heterocycles. The van der Waals surface area contributed by atoms with Crippen LogP contribution in [0.1, 0.15) is 21.5 Å². The van der Waals surface area contributed by atoms with E-state index in [1.165, 1.54) is 0 Å². The summed E-state index contributed by atoms with van der Waals surface area (Å²) in [5, 5.41) is 2.99. The average molecular weight is 324 g/mol. The zero-order chi connectivity index (χ0) is 15.8. The Bertz CT molecular complexity index is 889. The van der Waals surface area contributed by atoms with Crippen LogP contribution in [0, 0.1) is 0 Å². The number of rotatable bonds is 2. The van der Waals surface area contributed by atoms with Crippen molar-refractivity contribution in [2.45, 2.75) is 13.0 Å². The van der Waals surface area contributed by atoms with E-state index in [1.807, 2.05) is 29.9 Å². The molecule has 2 aromatic heterocycles. The molecule has 1 aromatic carbocycles. The van der Waals surface area contributed by atoms with E-state index >= 15 is 0 Å². The van der Waals surface area contributed by atoms with Crippen molar-refractivity contribution in [3.05, 3.63) is 52.8 Å². The van der Waals surface area contributed by atoms with Gasteiger partial charge in [-0.2, -0.15) is 0 Å². The second kappa shape index (κ2) is 5.72. The number of aromatic nitrogens is 2. The normalized spacial score (nSPS) is 14.7. The summed E-state index contributed by atoms with van der Waals surface area (Å²) < 4.78 is 1.07. The topological polar surface area (TPSA) is 58.1 Å². The molecule has 4 rings (SSSR count). The van der Waals surface area contributed by atoms with Crippen LogP contribution in [0.5, 0.6) is 0 Å². The Kier molecular flexibility index (Phi) is 3.55. The number of nitrogens with one attached hydrogen (secondary N) is 1. The molecule has 0 unspecified atom stereocenters.